The first-order valence-corrected chi connectivity index (χ1v) is 9.54. The van der Waals surface area contributed by atoms with Crippen molar-refractivity contribution in [3.8, 4) is 33.6 Å². The van der Waals surface area contributed by atoms with E-state index in [-0.39, 0.29) is 5.69 Å². The molecule has 0 spiro atoms. The monoisotopic (exact) mass is 420 g/mol. The number of aromatic nitrogens is 1. The zero-order valence-corrected chi connectivity index (χ0v) is 16.6. The summed E-state index contributed by atoms with van der Waals surface area (Å²) in [6, 6.07) is 25.2. The van der Waals surface area contributed by atoms with E-state index in [0.29, 0.717) is 10.0 Å². The molecule has 4 nitrogen and oxygen atoms in total. The van der Waals surface area contributed by atoms with Gasteiger partial charge in [0.15, 0.2) is 0 Å². The summed E-state index contributed by atoms with van der Waals surface area (Å²) >= 11 is 12.0. The lowest BCUT2D eigenvalue weighted by molar-refractivity contribution is -0.384. The van der Waals surface area contributed by atoms with Crippen molar-refractivity contribution in [3.63, 3.8) is 0 Å². The lowest BCUT2D eigenvalue weighted by atomic mass is 9.99. The number of hydrogen-bond acceptors (Lipinski definition) is 3. The number of benzene rings is 3. The Morgan fingerprint density at radius 2 is 1.17 bits per heavy atom. The van der Waals surface area contributed by atoms with Crippen LogP contribution in [0.2, 0.25) is 10.0 Å². The highest BCUT2D eigenvalue weighted by Gasteiger charge is 2.12. The maximum absolute atomic E-state index is 11.2. The number of hydrogen-bond donors (Lipinski definition) is 0. The normalized spacial score (nSPS) is 10.7. The van der Waals surface area contributed by atoms with E-state index >= 15 is 0 Å². The predicted molar refractivity (Wildman–Crippen MR) is 117 cm³/mol. The number of pyridine rings is 1. The molecule has 0 N–H and O–H groups in total. The quantitative estimate of drug-likeness (QED) is 0.257. The van der Waals surface area contributed by atoms with Gasteiger partial charge < -0.3 is 0 Å². The van der Waals surface area contributed by atoms with E-state index in [4.69, 9.17) is 28.2 Å². The Morgan fingerprint density at radius 3 is 1.66 bits per heavy atom. The first-order valence-electron chi connectivity index (χ1n) is 8.78. The molecule has 0 atom stereocenters. The van der Waals surface area contributed by atoms with Gasteiger partial charge in [-0.3, -0.25) is 10.1 Å². The maximum Gasteiger partial charge on any atom is 0.270 e. The summed E-state index contributed by atoms with van der Waals surface area (Å²) in [7, 11) is 0. The summed E-state index contributed by atoms with van der Waals surface area (Å²) in [5.74, 6) is 0. The molecule has 0 saturated carbocycles. The molecule has 29 heavy (non-hydrogen) atoms. The summed E-state index contributed by atoms with van der Waals surface area (Å²) in [5, 5.41) is 12.5. The van der Waals surface area contributed by atoms with Gasteiger partial charge in [0.05, 0.1) is 16.3 Å². The van der Waals surface area contributed by atoms with Crippen molar-refractivity contribution in [2.75, 3.05) is 0 Å². The number of halogens is 2. The molecule has 0 bridgehead atoms. The van der Waals surface area contributed by atoms with Crippen LogP contribution in [-0.4, -0.2) is 9.91 Å². The highest BCUT2D eigenvalue weighted by Crippen LogP contribution is 2.32. The Morgan fingerprint density at radius 1 is 0.655 bits per heavy atom. The summed E-state index contributed by atoms with van der Waals surface area (Å²) in [5.41, 5.74) is 4.91. The average Bonchev–Trinajstić information content (AvgIpc) is 2.74. The molecule has 0 radical (unpaired) electrons. The molecule has 142 valence electrons. The Balaban J connectivity index is 1.90. The fourth-order valence-corrected chi connectivity index (χ4v) is 3.29. The average molecular weight is 421 g/mol. The second-order valence-corrected chi connectivity index (χ2v) is 7.32. The molecule has 6 heteroatoms. The molecule has 4 rings (SSSR count). The molecular formula is C23H14Cl2N2O2. The van der Waals surface area contributed by atoms with Gasteiger partial charge in [-0.2, -0.15) is 0 Å². The van der Waals surface area contributed by atoms with Crippen LogP contribution in [-0.2, 0) is 0 Å². The Kier molecular flexibility index (Phi) is 5.30. The lowest BCUT2D eigenvalue weighted by Gasteiger charge is -2.10. The van der Waals surface area contributed by atoms with Crippen LogP contribution in [0.25, 0.3) is 33.6 Å². The van der Waals surface area contributed by atoms with Crippen LogP contribution in [0.1, 0.15) is 0 Å². The van der Waals surface area contributed by atoms with Crippen molar-refractivity contribution < 1.29 is 4.92 Å². The van der Waals surface area contributed by atoms with Crippen LogP contribution in [0.4, 0.5) is 5.69 Å². The van der Waals surface area contributed by atoms with Crippen LogP contribution >= 0.6 is 23.2 Å². The zero-order valence-electron chi connectivity index (χ0n) is 15.0. The van der Waals surface area contributed by atoms with E-state index in [9.17, 15) is 10.1 Å². The molecule has 0 saturated heterocycles. The summed E-state index contributed by atoms with van der Waals surface area (Å²) < 4.78 is 0. The van der Waals surface area contributed by atoms with E-state index in [1.807, 2.05) is 42.5 Å². The van der Waals surface area contributed by atoms with Crippen LogP contribution < -0.4 is 0 Å². The minimum Gasteiger partial charge on any atom is -0.258 e. The number of nitro benzene ring substituents is 1. The van der Waals surface area contributed by atoms with Crippen LogP contribution in [0, 0.1) is 10.1 Å². The molecule has 4 aromatic rings. The van der Waals surface area contributed by atoms with Crippen molar-refractivity contribution in [2.45, 2.75) is 0 Å². The highest BCUT2D eigenvalue weighted by atomic mass is 35.5. The Bertz CT molecular complexity index is 1130. The van der Waals surface area contributed by atoms with Gasteiger partial charge in [0, 0.05) is 33.3 Å². The smallest absolute Gasteiger partial charge is 0.258 e. The summed E-state index contributed by atoms with van der Waals surface area (Å²) in [6.45, 7) is 0. The fraction of sp³-hybridized carbons (Fsp3) is 0. The SMILES string of the molecule is O=[N+]([O-])c1cccc(-c2cc(-c3ccc(Cl)cc3)nc(-c3ccc(Cl)cc3)c2)c1. The maximum atomic E-state index is 11.2. The highest BCUT2D eigenvalue weighted by molar-refractivity contribution is 6.30. The molecule has 0 aliphatic rings. The lowest BCUT2D eigenvalue weighted by Crippen LogP contribution is -1.92. The molecule has 0 aliphatic carbocycles. The third-order valence-corrected chi connectivity index (χ3v) is 5.00. The zero-order chi connectivity index (χ0) is 20.4. The molecule has 3 aromatic carbocycles. The van der Waals surface area contributed by atoms with Gasteiger partial charge >= 0.3 is 0 Å². The van der Waals surface area contributed by atoms with Gasteiger partial charge in [-0.1, -0.05) is 59.6 Å². The minimum absolute atomic E-state index is 0.0420. The van der Waals surface area contributed by atoms with Crippen LogP contribution in [0.3, 0.4) is 0 Å². The number of nitrogens with zero attached hydrogens (tertiary/aromatic N) is 2. The molecular weight excluding hydrogens is 407 g/mol. The van der Waals surface area contributed by atoms with Crippen molar-refractivity contribution in [1.29, 1.82) is 0 Å². The van der Waals surface area contributed by atoms with Crippen molar-refractivity contribution in [3.05, 3.63) is 105 Å². The van der Waals surface area contributed by atoms with Gasteiger partial charge in [0.25, 0.3) is 5.69 Å². The van der Waals surface area contributed by atoms with Gasteiger partial charge in [-0.05, 0) is 47.5 Å². The Labute approximate surface area is 177 Å². The second kappa shape index (κ2) is 8.03. The predicted octanol–water partition coefficient (Wildman–Crippen LogP) is 7.30. The van der Waals surface area contributed by atoms with E-state index in [0.717, 1.165) is 33.6 Å². The molecule has 0 unspecified atom stereocenters. The molecule has 0 fully saturated rings. The molecule has 1 heterocycles. The molecule has 0 aliphatic heterocycles. The van der Waals surface area contributed by atoms with Gasteiger partial charge in [-0.25, -0.2) is 4.98 Å². The van der Waals surface area contributed by atoms with Crippen LogP contribution in [0.15, 0.2) is 84.9 Å². The first kappa shape index (κ1) is 19.1. The van der Waals surface area contributed by atoms with Crippen molar-refractivity contribution >= 4 is 28.9 Å². The van der Waals surface area contributed by atoms with E-state index in [1.165, 1.54) is 6.07 Å². The Hall–Kier alpha value is -3.21. The van der Waals surface area contributed by atoms with Gasteiger partial charge in [0.2, 0.25) is 0 Å². The van der Waals surface area contributed by atoms with E-state index < -0.39 is 4.92 Å². The first-order chi connectivity index (χ1) is 14.0. The number of rotatable bonds is 4. The second-order valence-electron chi connectivity index (χ2n) is 6.45. The minimum atomic E-state index is -0.398. The third-order valence-electron chi connectivity index (χ3n) is 4.50. The number of non-ortho nitro benzene ring substituents is 1. The topological polar surface area (TPSA) is 56.0 Å². The van der Waals surface area contributed by atoms with Crippen LogP contribution in [0.5, 0.6) is 0 Å². The molecule has 0 amide bonds. The summed E-state index contributed by atoms with van der Waals surface area (Å²) in [6.07, 6.45) is 0. The van der Waals surface area contributed by atoms with Gasteiger partial charge in [-0.15, -0.1) is 0 Å². The summed E-state index contributed by atoms with van der Waals surface area (Å²) in [4.78, 5) is 15.6. The van der Waals surface area contributed by atoms with E-state index in [1.54, 1.807) is 36.4 Å². The fourth-order valence-electron chi connectivity index (χ4n) is 3.03. The third kappa shape index (κ3) is 4.29. The largest absolute Gasteiger partial charge is 0.270 e. The standard InChI is InChI=1S/C23H14Cl2N2O2/c24-19-8-4-15(5-9-19)22-13-18(17-2-1-3-21(12-17)27(28)29)14-23(26-22)16-6-10-20(25)11-7-16/h1-14H. The van der Waals surface area contributed by atoms with Crippen molar-refractivity contribution in [1.82, 2.24) is 4.98 Å². The van der Waals surface area contributed by atoms with E-state index in [2.05, 4.69) is 0 Å². The molecule has 1 aromatic heterocycles. The van der Waals surface area contributed by atoms with Gasteiger partial charge in [0.1, 0.15) is 0 Å². The number of nitro groups is 1. The van der Waals surface area contributed by atoms with Crippen molar-refractivity contribution in [2.24, 2.45) is 0 Å².